The van der Waals surface area contributed by atoms with Crippen molar-refractivity contribution in [3.63, 3.8) is 0 Å². The Kier molecular flexibility index (Phi) is 3.60. The van der Waals surface area contributed by atoms with Gasteiger partial charge in [0, 0.05) is 25.9 Å². The molecular formula is C13H17N3O2. The average Bonchev–Trinajstić information content (AvgIpc) is 2.39. The third-order valence-corrected chi connectivity index (χ3v) is 3.37. The standard InChI is InChI=1S/C13H17N3O2/c1-9(17)12-3-2-11(8-15-12)16-6-4-10(5-7-16)13(14)18/h2-3,8,10H,4-7H2,1H3,(H2,14,18). The highest BCUT2D eigenvalue weighted by molar-refractivity contribution is 5.92. The fraction of sp³-hybridized carbons (Fsp3) is 0.462. The smallest absolute Gasteiger partial charge is 0.220 e. The van der Waals surface area contributed by atoms with Crippen molar-refractivity contribution in [2.24, 2.45) is 11.7 Å². The van der Waals surface area contributed by atoms with Crippen molar-refractivity contribution in [1.82, 2.24) is 4.98 Å². The number of nitrogens with zero attached hydrogens (tertiary/aromatic N) is 2. The molecule has 0 aromatic carbocycles. The van der Waals surface area contributed by atoms with Gasteiger partial charge in [-0.1, -0.05) is 0 Å². The van der Waals surface area contributed by atoms with Crippen LogP contribution in [0, 0.1) is 5.92 Å². The zero-order valence-electron chi connectivity index (χ0n) is 10.4. The van der Waals surface area contributed by atoms with Gasteiger partial charge in [0.1, 0.15) is 5.69 Å². The molecule has 1 aromatic rings. The first kappa shape index (κ1) is 12.5. The first-order valence-corrected chi connectivity index (χ1v) is 6.09. The number of carbonyl (C=O) groups is 2. The lowest BCUT2D eigenvalue weighted by Gasteiger charge is -2.32. The molecule has 1 fully saturated rings. The molecule has 18 heavy (non-hydrogen) atoms. The molecule has 1 aliphatic heterocycles. The molecular weight excluding hydrogens is 230 g/mol. The topological polar surface area (TPSA) is 76.3 Å². The maximum Gasteiger partial charge on any atom is 0.220 e. The summed E-state index contributed by atoms with van der Waals surface area (Å²) >= 11 is 0. The lowest BCUT2D eigenvalue weighted by molar-refractivity contribution is -0.122. The van der Waals surface area contributed by atoms with E-state index in [-0.39, 0.29) is 17.6 Å². The molecule has 0 spiro atoms. The number of pyridine rings is 1. The van der Waals surface area contributed by atoms with Crippen molar-refractivity contribution >= 4 is 17.4 Å². The molecule has 1 amide bonds. The number of rotatable bonds is 3. The van der Waals surface area contributed by atoms with Gasteiger partial charge in [-0.05, 0) is 25.0 Å². The van der Waals surface area contributed by atoms with Crippen LogP contribution in [0.3, 0.4) is 0 Å². The number of aromatic nitrogens is 1. The van der Waals surface area contributed by atoms with Gasteiger partial charge in [-0.2, -0.15) is 0 Å². The Morgan fingerprint density at radius 2 is 2.00 bits per heavy atom. The van der Waals surface area contributed by atoms with Crippen LogP contribution in [0.25, 0.3) is 0 Å². The summed E-state index contributed by atoms with van der Waals surface area (Å²) in [6, 6.07) is 3.63. The van der Waals surface area contributed by atoms with Crippen molar-refractivity contribution < 1.29 is 9.59 Å². The molecule has 0 atom stereocenters. The number of Topliss-reactive ketones (excluding diaryl/α,β-unsaturated/α-hetero) is 1. The first-order valence-electron chi connectivity index (χ1n) is 6.09. The molecule has 2 N–H and O–H groups in total. The first-order chi connectivity index (χ1) is 8.58. The van der Waals surface area contributed by atoms with E-state index >= 15 is 0 Å². The van der Waals surface area contributed by atoms with Crippen LogP contribution in [0.4, 0.5) is 5.69 Å². The minimum Gasteiger partial charge on any atom is -0.370 e. The Balaban J connectivity index is 2.01. The third-order valence-electron chi connectivity index (χ3n) is 3.37. The van der Waals surface area contributed by atoms with Gasteiger partial charge in [-0.3, -0.25) is 14.6 Å². The fourth-order valence-electron chi connectivity index (χ4n) is 2.20. The van der Waals surface area contributed by atoms with Crippen LogP contribution in [0.1, 0.15) is 30.3 Å². The second kappa shape index (κ2) is 5.16. The Morgan fingerprint density at radius 3 is 2.44 bits per heavy atom. The maximum absolute atomic E-state index is 11.1. The van der Waals surface area contributed by atoms with E-state index in [2.05, 4.69) is 9.88 Å². The number of primary amides is 1. The van der Waals surface area contributed by atoms with Gasteiger partial charge < -0.3 is 10.6 Å². The van der Waals surface area contributed by atoms with E-state index in [0.29, 0.717) is 5.69 Å². The second-order valence-corrected chi connectivity index (χ2v) is 4.62. The summed E-state index contributed by atoms with van der Waals surface area (Å²) < 4.78 is 0. The van der Waals surface area contributed by atoms with Gasteiger partial charge in [0.25, 0.3) is 0 Å². The molecule has 5 heteroatoms. The number of anilines is 1. The Hall–Kier alpha value is -1.91. The molecule has 2 heterocycles. The summed E-state index contributed by atoms with van der Waals surface area (Å²) in [5, 5.41) is 0. The zero-order chi connectivity index (χ0) is 13.1. The quantitative estimate of drug-likeness (QED) is 0.808. The largest absolute Gasteiger partial charge is 0.370 e. The van der Waals surface area contributed by atoms with E-state index in [1.165, 1.54) is 6.92 Å². The Labute approximate surface area is 106 Å². The van der Waals surface area contributed by atoms with Gasteiger partial charge in [0.2, 0.25) is 5.91 Å². The monoisotopic (exact) mass is 247 g/mol. The third kappa shape index (κ3) is 2.67. The van der Waals surface area contributed by atoms with Gasteiger partial charge in [0.15, 0.2) is 5.78 Å². The molecule has 0 bridgehead atoms. The predicted molar refractivity (Wildman–Crippen MR) is 68.4 cm³/mol. The van der Waals surface area contributed by atoms with E-state index in [0.717, 1.165) is 31.6 Å². The minimum atomic E-state index is -0.209. The highest BCUT2D eigenvalue weighted by Gasteiger charge is 2.23. The van der Waals surface area contributed by atoms with Crippen LogP contribution in [-0.2, 0) is 4.79 Å². The Bertz CT molecular complexity index is 448. The van der Waals surface area contributed by atoms with E-state index in [1.807, 2.05) is 6.07 Å². The van der Waals surface area contributed by atoms with E-state index in [9.17, 15) is 9.59 Å². The summed E-state index contributed by atoms with van der Waals surface area (Å²) in [5.41, 5.74) is 6.76. The van der Waals surface area contributed by atoms with Gasteiger partial charge in [-0.25, -0.2) is 0 Å². The van der Waals surface area contributed by atoms with Crippen LogP contribution in [0.5, 0.6) is 0 Å². The molecule has 1 aliphatic rings. The van der Waals surface area contributed by atoms with Gasteiger partial charge in [-0.15, -0.1) is 0 Å². The fourth-order valence-corrected chi connectivity index (χ4v) is 2.20. The molecule has 96 valence electrons. The van der Waals surface area contributed by atoms with Crippen molar-refractivity contribution in [1.29, 1.82) is 0 Å². The van der Waals surface area contributed by atoms with Crippen LogP contribution in [0.2, 0.25) is 0 Å². The van der Waals surface area contributed by atoms with Crippen molar-refractivity contribution in [3.05, 3.63) is 24.0 Å². The molecule has 5 nitrogen and oxygen atoms in total. The molecule has 0 unspecified atom stereocenters. The summed E-state index contributed by atoms with van der Waals surface area (Å²) in [6.45, 7) is 3.10. The van der Waals surface area contributed by atoms with Crippen LogP contribution in [-0.4, -0.2) is 29.8 Å². The highest BCUT2D eigenvalue weighted by atomic mass is 16.1. The summed E-state index contributed by atoms with van der Waals surface area (Å²) in [6.07, 6.45) is 3.27. The van der Waals surface area contributed by atoms with Crippen LogP contribution >= 0.6 is 0 Å². The molecule has 0 radical (unpaired) electrons. The number of hydrogen-bond acceptors (Lipinski definition) is 4. The number of piperidine rings is 1. The van der Waals surface area contributed by atoms with E-state index in [4.69, 9.17) is 5.73 Å². The zero-order valence-corrected chi connectivity index (χ0v) is 10.4. The van der Waals surface area contributed by atoms with Crippen molar-refractivity contribution in [2.45, 2.75) is 19.8 Å². The molecule has 1 aromatic heterocycles. The number of nitrogens with two attached hydrogens (primary N) is 1. The van der Waals surface area contributed by atoms with Crippen LogP contribution in [0.15, 0.2) is 18.3 Å². The number of carbonyl (C=O) groups excluding carboxylic acids is 2. The molecule has 1 saturated heterocycles. The normalized spacial score (nSPS) is 16.6. The summed E-state index contributed by atoms with van der Waals surface area (Å²) in [5.74, 6) is -0.251. The molecule has 2 rings (SSSR count). The van der Waals surface area contributed by atoms with E-state index in [1.54, 1.807) is 12.3 Å². The van der Waals surface area contributed by atoms with Crippen molar-refractivity contribution in [2.75, 3.05) is 18.0 Å². The second-order valence-electron chi connectivity index (χ2n) is 4.62. The van der Waals surface area contributed by atoms with Gasteiger partial charge >= 0.3 is 0 Å². The molecule has 0 saturated carbocycles. The van der Waals surface area contributed by atoms with Crippen LogP contribution < -0.4 is 10.6 Å². The lowest BCUT2D eigenvalue weighted by Crippen LogP contribution is -2.38. The number of amides is 1. The van der Waals surface area contributed by atoms with Gasteiger partial charge in [0.05, 0.1) is 11.9 Å². The maximum atomic E-state index is 11.1. The SMILES string of the molecule is CC(=O)c1ccc(N2CCC(C(N)=O)CC2)cn1. The predicted octanol–water partition coefficient (Wildman–Crippen LogP) is 0.986. The Morgan fingerprint density at radius 1 is 1.33 bits per heavy atom. The summed E-state index contributed by atoms with van der Waals surface area (Å²) in [4.78, 5) is 28.5. The molecule has 0 aliphatic carbocycles. The lowest BCUT2D eigenvalue weighted by atomic mass is 9.96. The number of hydrogen-bond donors (Lipinski definition) is 1. The van der Waals surface area contributed by atoms with Crippen molar-refractivity contribution in [3.8, 4) is 0 Å². The minimum absolute atomic E-state index is 0.00861. The van der Waals surface area contributed by atoms with E-state index < -0.39 is 0 Å². The highest BCUT2D eigenvalue weighted by Crippen LogP contribution is 2.22. The number of ketones is 1. The average molecular weight is 247 g/mol. The summed E-state index contributed by atoms with van der Waals surface area (Å²) in [7, 11) is 0.